The van der Waals surface area contributed by atoms with Gasteiger partial charge < -0.3 is 10.1 Å². The molecular formula is C20H22ClN3O2. The van der Waals surface area contributed by atoms with Gasteiger partial charge in [-0.05, 0) is 63.0 Å². The molecule has 2 bridgehead atoms. The molecular weight excluding hydrogens is 350 g/mol. The van der Waals surface area contributed by atoms with Crippen molar-refractivity contribution in [1.29, 1.82) is 0 Å². The van der Waals surface area contributed by atoms with Crippen molar-refractivity contribution < 1.29 is 9.53 Å². The Bertz CT molecular complexity index is 786. The lowest BCUT2D eigenvalue weighted by Crippen LogP contribution is -2.62. The van der Waals surface area contributed by atoms with Crippen LogP contribution >= 0.6 is 11.6 Å². The number of hydrogen-bond donors (Lipinski definition) is 1. The van der Waals surface area contributed by atoms with Crippen LogP contribution in [-0.4, -0.2) is 41.0 Å². The molecule has 2 atom stereocenters. The van der Waals surface area contributed by atoms with Crippen LogP contribution in [0.3, 0.4) is 0 Å². The molecule has 3 aliphatic heterocycles. The Balaban J connectivity index is 1.41. The normalized spacial score (nSPS) is 27.2. The van der Waals surface area contributed by atoms with Crippen LogP contribution in [0.2, 0.25) is 5.02 Å². The summed E-state index contributed by atoms with van der Waals surface area (Å²) in [5, 5.41) is 3.76. The number of piperidine rings is 3. The van der Waals surface area contributed by atoms with E-state index in [4.69, 9.17) is 16.3 Å². The summed E-state index contributed by atoms with van der Waals surface area (Å²) in [6.45, 7) is 4.53. The van der Waals surface area contributed by atoms with Gasteiger partial charge in [-0.1, -0.05) is 11.6 Å². The number of carbonyl (C=O) groups is 1. The number of amides is 1. The SMILES string of the molecule is CC1C(NC(=O)c2ccc(Oc3cncc(Cl)c3)cc2)C2CCN1CC2. The van der Waals surface area contributed by atoms with Gasteiger partial charge in [0.2, 0.25) is 0 Å². The van der Waals surface area contributed by atoms with Crippen LogP contribution in [0.1, 0.15) is 30.1 Å². The first-order valence-electron chi connectivity index (χ1n) is 9.03. The number of nitrogens with one attached hydrogen (secondary N) is 1. The van der Waals surface area contributed by atoms with Gasteiger partial charge in [0.25, 0.3) is 5.91 Å². The van der Waals surface area contributed by atoms with Gasteiger partial charge in [0.1, 0.15) is 11.5 Å². The molecule has 26 heavy (non-hydrogen) atoms. The second-order valence-corrected chi connectivity index (χ2v) is 7.51. The number of benzene rings is 1. The second-order valence-electron chi connectivity index (χ2n) is 7.08. The molecule has 0 radical (unpaired) electrons. The summed E-state index contributed by atoms with van der Waals surface area (Å²) in [7, 11) is 0. The highest BCUT2D eigenvalue weighted by Gasteiger charge is 2.40. The number of pyridine rings is 1. The molecule has 0 aliphatic carbocycles. The van der Waals surface area contributed by atoms with E-state index in [0.717, 1.165) is 13.1 Å². The van der Waals surface area contributed by atoms with Crippen LogP contribution in [0.25, 0.3) is 0 Å². The Labute approximate surface area is 158 Å². The van der Waals surface area contributed by atoms with Crippen LogP contribution in [0, 0.1) is 5.92 Å². The molecule has 3 aliphatic rings. The Kier molecular flexibility index (Phi) is 4.83. The highest BCUT2D eigenvalue weighted by Crippen LogP contribution is 2.32. The van der Waals surface area contributed by atoms with Gasteiger partial charge in [-0.15, -0.1) is 0 Å². The minimum atomic E-state index is -0.0217. The van der Waals surface area contributed by atoms with Crippen molar-refractivity contribution >= 4 is 17.5 Å². The molecule has 5 nitrogen and oxygen atoms in total. The number of fused-ring (bicyclic) bond motifs is 3. The zero-order valence-corrected chi connectivity index (χ0v) is 15.4. The topological polar surface area (TPSA) is 54.5 Å². The summed E-state index contributed by atoms with van der Waals surface area (Å²) in [5.74, 6) is 1.78. The first kappa shape index (κ1) is 17.3. The molecule has 2 aromatic rings. The fourth-order valence-electron chi connectivity index (χ4n) is 4.04. The maximum atomic E-state index is 12.7. The van der Waals surface area contributed by atoms with E-state index in [9.17, 15) is 4.79 Å². The van der Waals surface area contributed by atoms with Crippen LogP contribution in [0.15, 0.2) is 42.7 Å². The van der Waals surface area contributed by atoms with Gasteiger partial charge in [-0.25, -0.2) is 0 Å². The molecule has 0 spiro atoms. The van der Waals surface area contributed by atoms with E-state index >= 15 is 0 Å². The summed E-state index contributed by atoms with van der Waals surface area (Å²) in [4.78, 5) is 19.1. The number of nitrogens with zero attached hydrogens (tertiary/aromatic N) is 2. The lowest BCUT2D eigenvalue weighted by atomic mass is 9.79. The van der Waals surface area contributed by atoms with Gasteiger partial charge in [0, 0.05) is 29.9 Å². The number of halogens is 1. The number of aromatic nitrogens is 1. The Morgan fingerprint density at radius 2 is 1.92 bits per heavy atom. The van der Waals surface area contributed by atoms with Crippen LogP contribution < -0.4 is 10.1 Å². The predicted octanol–water partition coefficient (Wildman–Crippen LogP) is 3.74. The molecule has 1 aromatic heterocycles. The van der Waals surface area contributed by atoms with Crippen molar-refractivity contribution in [3.8, 4) is 11.5 Å². The summed E-state index contributed by atoms with van der Waals surface area (Å²) >= 11 is 5.91. The van der Waals surface area contributed by atoms with Crippen LogP contribution in [0.5, 0.6) is 11.5 Å². The first-order valence-corrected chi connectivity index (χ1v) is 9.41. The minimum absolute atomic E-state index is 0.0217. The van der Waals surface area contributed by atoms with Crippen molar-refractivity contribution in [3.05, 3.63) is 53.3 Å². The van der Waals surface area contributed by atoms with Crippen molar-refractivity contribution in [2.75, 3.05) is 13.1 Å². The van der Waals surface area contributed by atoms with Gasteiger partial charge in [-0.3, -0.25) is 14.7 Å². The van der Waals surface area contributed by atoms with E-state index in [1.807, 2.05) is 0 Å². The van der Waals surface area contributed by atoms with E-state index < -0.39 is 0 Å². The summed E-state index contributed by atoms with van der Waals surface area (Å²) < 4.78 is 5.72. The summed E-state index contributed by atoms with van der Waals surface area (Å²) in [5.41, 5.74) is 0.644. The highest BCUT2D eigenvalue weighted by molar-refractivity contribution is 6.30. The van der Waals surface area contributed by atoms with Crippen molar-refractivity contribution in [2.24, 2.45) is 5.92 Å². The van der Waals surface area contributed by atoms with E-state index in [-0.39, 0.29) is 11.9 Å². The van der Waals surface area contributed by atoms with Crippen LogP contribution in [0.4, 0.5) is 0 Å². The predicted molar refractivity (Wildman–Crippen MR) is 101 cm³/mol. The molecule has 2 unspecified atom stereocenters. The third-order valence-electron chi connectivity index (χ3n) is 5.51. The second kappa shape index (κ2) is 7.25. The average molecular weight is 372 g/mol. The molecule has 3 fully saturated rings. The molecule has 1 N–H and O–H groups in total. The largest absolute Gasteiger partial charge is 0.456 e. The maximum Gasteiger partial charge on any atom is 0.251 e. The minimum Gasteiger partial charge on any atom is -0.456 e. The Hall–Kier alpha value is -2.11. The lowest BCUT2D eigenvalue weighted by Gasteiger charge is -2.49. The average Bonchev–Trinajstić information content (AvgIpc) is 2.65. The number of ether oxygens (including phenoxy) is 1. The first-order chi connectivity index (χ1) is 12.6. The summed E-state index contributed by atoms with van der Waals surface area (Å²) in [6, 6.07) is 9.49. The number of carbonyl (C=O) groups excluding carboxylic acids is 1. The van der Waals surface area contributed by atoms with Gasteiger partial charge in [0.15, 0.2) is 0 Å². The molecule has 5 rings (SSSR count). The van der Waals surface area contributed by atoms with Gasteiger partial charge in [0.05, 0.1) is 11.2 Å². The molecule has 3 saturated heterocycles. The molecule has 0 saturated carbocycles. The zero-order valence-electron chi connectivity index (χ0n) is 14.7. The van der Waals surface area contributed by atoms with Crippen molar-refractivity contribution in [1.82, 2.24) is 15.2 Å². The van der Waals surface area contributed by atoms with E-state index in [1.165, 1.54) is 12.8 Å². The fraction of sp³-hybridized carbons (Fsp3) is 0.400. The summed E-state index contributed by atoms with van der Waals surface area (Å²) in [6.07, 6.45) is 5.50. The molecule has 1 amide bonds. The number of hydrogen-bond acceptors (Lipinski definition) is 4. The van der Waals surface area contributed by atoms with E-state index in [1.54, 1.807) is 42.7 Å². The molecule has 4 heterocycles. The van der Waals surface area contributed by atoms with Crippen molar-refractivity contribution in [2.45, 2.75) is 31.8 Å². The zero-order chi connectivity index (χ0) is 18.1. The highest BCUT2D eigenvalue weighted by atomic mass is 35.5. The molecule has 6 heteroatoms. The van der Waals surface area contributed by atoms with Gasteiger partial charge in [-0.2, -0.15) is 0 Å². The monoisotopic (exact) mass is 371 g/mol. The van der Waals surface area contributed by atoms with E-state index in [2.05, 4.69) is 22.1 Å². The fourth-order valence-corrected chi connectivity index (χ4v) is 4.20. The van der Waals surface area contributed by atoms with E-state index in [0.29, 0.717) is 34.0 Å². The Morgan fingerprint density at radius 1 is 1.19 bits per heavy atom. The maximum absolute atomic E-state index is 12.7. The number of rotatable bonds is 4. The van der Waals surface area contributed by atoms with Crippen LogP contribution in [-0.2, 0) is 0 Å². The molecule has 136 valence electrons. The molecule has 1 aromatic carbocycles. The van der Waals surface area contributed by atoms with Crippen molar-refractivity contribution in [3.63, 3.8) is 0 Å². The Morgan fingerprint density at radius 3 is 2.58 bits per heavy atom. The standard InChI is InChI=1S/C20H22ClN3O2/c1-13-19(14-6-8-24(13)9-7-14)23-20(25)15-2-4-17(5-3-15)26-18-10-16(21)11-22-12-18/h2-5,10-14,19H,6-9H2,1H3,(H,23,25). The third-order valence-corrected chi connectivity index (χ3v) is 5.71. The quantitative estimate of drug-likeness (QED) is 0.889. The third kappa shape index (κ3) is 3.55. The lowest BCUT2D eigenvalue weighted by molar-refractivity contribution is 0.0217. The van der Waals surface area contributed by atoms with Gasteiger partial charge >= 0.3 is 0 Å². The smallest absolute Gasteiger partial charge is 0.251 e.